The molecule has 116 valence electrons. The van der Waals surface area contributed by atoms with E-state index in [1.165, 1.54) is 16.2 Å². The minimum absolute atomic E-state index is 0.828. The SMILES string of the molecule is C#Cc1ccc2c3ccc(C#C)c4c(C#C)ccc(c5cccc1c52)c43. The van der Waals surface area contributed by atoms with Gasteiger partial charge < -0.3 is 0 Å². The van der Waals surface area contributed by atoms with Crippen LogP contribution in [-0.4, -0.2) is 0 Å². The van der Waals surface area contributed by atoms with E-state index >= 15 is 0 Å². The molecule has 0 saturated carbocycles. The van der Waals surface area contributed by atoms with Gasteiger partial charge in [0.25, 0.3) is 0 Å². The molecule has 0 radical (unpaired) electrons. The molecule has 0 atom stereocenters. The van der Waals surface area contributed by atoms with Gasteiger partial charge in [-0.05, 0) is 55.9 Å². The number of rotatable bonds is 0. The summed E-state index contributed by atoms with van der Waals surface area (Å²) < 4.78 is 0. The molecule has 0 fully saturated rings. The fourth-order valence-electron chi connectivity index (χ4n) is 4.17. The Morgan fingerprint density at radius 2 is 0.885 bits per heavy atom. The third kappa shape index (κ3) is 1.62. The van der Waals surface area contributed by atoms with Gasteiger partial charge >= 0.3 is 0 Å². The van der Waals surface area contributed by atoms with Gasteiger partial charge in [0.15, 0.2) is 0 Å². The Kier molecular flexibility index (Phi) is 2.79. The number of terminal acetylenes is 3. The molecule has 0 aliphatic heterocycles. The van der Waals surface area contributed by atoms with Gasteiger partial charge in [-0.15, -0.1) is 19.3 Å². The van der Waals surface area contributed by atoms with Crippen LogP contribution in [0.4, 0.5) is 0 Å². The Balaban J connectivity index is 2.23. The van der Waals surface area contributed by atoms with E-state index in [1.807, 2.05) is 18.2 Å². The molecule has 0 aliphatic rings. The Morgan fingerprint density at radius 1 is 0.423 bits per heavy atom. The van der Waals surface area contributed by atoms with Gasteiger partial charge in [-0.25, -0.2) is 0 Å². The van der Waals surface area contributed by atoms with Crippen LogP contribution in [0.15, 0.2) is 54.6 Å². The second-order valence-electron chi connectivity index (χ2n) is 6.39. The summed E-state index contributed by atoms with van der Waals surface area (Å²) in [7, 11) is 0. The Labute approximate surface area is 151 Å². The first kappa shape index (κ1) is 14.4. The maximum absolute atomic E-state index is 5.77. The second kappa shape index (κ2) is 5.04. The van der Waals surface area contributed by atoms with Crippen molar-refractivity contribution in [1.82, 2.24) is 0 Å². The van der Waals surface area contributed by atoms with Crippen molar-refractivity contribution in [2.75, 3.05) is 0 Å². The lowest BCUT2D eigenvalue weighted by Crippen LogP contribution is -1.92. The summed E-state index contributed by atoms with van der Waals surface area (Å²) in [6.45, 7) is 0. The molecule has 5 rings (SSSR count). The van der Waals surface area contributed by atoms with E-state index < -0.39 is 0 Å². The first-order valence-corrected chi connectivity index (χ1v) is 8.34. The van der Waals surface area contributed by atoms with Crippen molar-refractivity contribution in [3.63, 3.8) is 0 Å². The minimum Gasteiger partial charge on any atom is -0.115 e. The highest BCUT2D eigenvalue weighted by atomic mass is 14.2. The van der Waals surface area contributed by atoms with Crippen LogP contribution in [0.2, 0.25) is 0 Å². The molecule has 0 bridgehead atoms. The molecule has 5 aromatic rings. The average molecular weight is 324 g/mol. The molecule has 0 aromatic heterocycles. The van der Waals surface area contributed by atoms with Crippen LogP contribution < -0.4 is 0 Å². The third-order valence-corrected chi connectivity index (χ3v) is 5.25. The lowest BCUT2D eigenvalue weighted by atomic mass is 9.86. The summed E-state index contributed by atoms with van der Waals surface area (Å²) >= 11 is 0. The van der Waals surface area contributed by atoms with Crippen molar-refractivity contribution in [2.24, 2.45) is 0 Å². The first-order chi connectivity index (χ1) is 12.8. The zero-order valence-corrected chi connectivity index (χ0v) is 13.9. The molecule has 0 saturated heterocycles. The molecular weight excluding hydrogens is 312 g/mol. The molecule has 0 N–H and O–H groups in total. The van der Waals surface area contributed by atoms with Crippen LogP contribution in [0.5, 0.6) is 0 Å². The zero-order chi connectivity index (χ0) is 17.8. The summed E-state index contributed by atoms with van der Waals surface area (Å²) in [5.41, 5.74) is 2.56. The van der Waals surface area contributed by atoms with Gasteiger partial charge in [-0.1, -0.05) is 54.2 Å². The predicted octanol–water partition coefficient (Wildman–Crippen LogP) is 5.68. The normalized spacial score (nSPS) is 11.0. The van der Waals surface area contributed by atoms with E-state index in [4.69, 9.17) is 19.3 Å². The lowest BCUT2D eigenvalue weighted by Gasteiger charge is -2.16. The molecule has 0 heterocycles. The van der Waals surface area contributed by atoms with Crippen molar-refractivity contribution in [1.29, 1.82) is 0 Å². The van der Waals surface area contributed by atoms with Crippen molar-refractivity contribution in [3.8, 4) is 37.0 Å². The molecule has 0 amide bonds. The third-order valence-electron chi connectivity index (χ3n) is 5.25. The molecule has 0 unspecified atom stereocenters. The fourth-order valence-corrected chi connectivity index (χ4v) is 4.17. The Morgan fingerprint density at radius 3 is 1.46 bits per heavy atom. The number of benzene rings is 5. The van der Waals surface area contributed by atoms with E-state index in [-0.39, 0.29) is 0 Å². The lowest BCUT2D eigenvalue weighted by molar-refractivity contribution is 1.71. The Hall–Kier alpha value is -3.92. The Bertz CT molecular complexity index is 1420. The maximum atomic E-state index is 5.77. The van der Waals surface area contributed by atoms with Crippen molar-refractivity contribution in [2.45, 2.75) is 0 Å². The molecular formula is C26H12. The summed E-state index contributed by atoms with van der Waals surface area (Å²) in [6.07, 6.45) is 17.3. The van der Waals surface area contributed by atoms with Crippen LogP contribution in [-0.2, 0) is 0 Å². The van der Waals surface area contributed by atoms with Crippen LogP contribution in [0.1, 0.15) is 16.7 Å². The smallest absolute Gasteiger partial charge is 0.0334 e. The van der Waals surface area contributed by atoms with Crippen LogP contribution in [0.25, 0.3) is 43.1 Å². The van der Waals surface area contributed by atoms with Crippen LogP contribution in [0, 0.1) is 37.0 Å². The largest absolute Gasteiger partial charge is 0.115 e. The molecule has 0 aliphatic carbocycles. The van der Waals surface area contributed by atoms with Gasteiger partial charge in [0.05, 0.1) is 0 Å². The molecule has 5 aromatic carbocycles. The summed E-state index contributed by atoms with van der Waals surface area (Å²) in [4.78, 5) is 0. The van der Waals surface area contributed by atoms with Crippen LogP contribution in [0.3, 0.4) is 0 Å². The summed E-state index contributed by atoms with van der Waals surface area (Å²) in [5.74, 6) is 8.39. The van der Waals surface area contributed by atoms with E-state index in [0.29, 0.717) is 0 Å². The first-order valence-electron chi connectivity index (χ1n) is 8.34. The number of fused-ring (bicyclic) bond motifs is 2. The van der Waals surface area contributed by atoms with E-state index in [0.717, 1.165) is 43.6 Å². The average Bonchev–Trinajstić information content (AvgIpc) is 2.70. The van der Waals surface area contributed by atoms with E-state index in [1.54, 1.807) is 0 Å². The van der Waals surface area contributed by atoms with E-state index in [9.17, 15) is 0 Å². The molecule has 0 spiro atoms. The highest BCUT2D eigenvalue weighted by Crippen LogP contribution is 2.42. The number of hydrogen-bond acceptors (Lipinski definition) is 0. The van der Waals surface area contributed by atoms with Crippen LogP contribution >= 0.6 is 0 Å². The highest BCUT2D eigenvalue weighted by Gasteiger charge is 2.16. The van der Waals surface area contributed by atoms with Gasteiger partial charge in [0.1, 0.15) is 0 Å². The van der Waals surface area contributed by atoms with Crippen molar-refractivity contribution < 1.29 is 0 Å². The van der Waals surface area contributed by atoms with Gasteiger partial charge in [-0.2, -0.15) is 0 Å². The topological polar surface area (TPSA) is 0 Å². The quantitative estimate of drug-likeness (QED) is 0.195. The zero-order valence-electron chi connectivity index (χ0n) is 13.9. The number of hydrogen-bond donors (Lipinski definition) is 0. The van der Waals surface area contributed by atoms with E-state index in [2.05, 4.69) is 54.2 Å². The maximum Gasteiger partial charge on any atom is 0.0334 e. The standard InChI is InChI=1S/C26H12/c1-4-16-10-13-21-23-15-12-18(6-3)24-17(5-2)11-14-22(26(23)24)20-9-7-8-19(16)25(20)21/h1-3,7-15H. The van der Waals surface area contributed by atoms with Crippen molar-refractivity contribution in [3.05, 3.63) is 71.3 Å². The fraction of sp³-hybridized carbons (Fsp3) is 0. The highest BCUT2D eigenvalue weighted by molar-refractivity contribution is 6.34. The molecule has 0 heteroatoms. The predicted molar refractivity (Wildman–Crippen MR) is 111 cm³/mol. The summed E-state index contributed by atoms with van der Waals surface area (Å²) in [5, 5.41) is 9.05. The minimum atomic E-state index is 0.828. The van der Waals surface area contributed by atoms with Gasteiger partial charge in [0.2, 0.25) is 0 Å². The summed E-state index contributed by atoms with van der Waals surface area (Å²) in [6, 6.07) is 18.6. The van der Waals surface area contributed by atoms with Gasteiger partial charge in [0, 0.05) is 22.1 Å². The monoisotopic (exact) mass is 324 g/mol. The van der Waals surface area contributed by atoms with Gasteiger partial charge in [-0.3, -0.25) is 0 Å². The molecule has 0 nitrogen and oxygen atoms in total. The second-order valence-corrected chi connectivity index (χ2v) is 6.39. The molecule has 26 heavy (non-hydrogen) atoms. The van der Waals surface area contributed by atoms with Crippen molar-refractivity contribution >= 4 is 43.1 Å².